The van der Waals surface area contributed by atoms with Gasteiger partial charge in [-0.1, -0.05) is 12.1 Å². The fourth-order valence-corrected chi connectivity index (χ4v) is 2.78. The van der Waals surface area contributed by atoms with Gasteiger partial charge in [-0.2, -0.15) is 0 Å². The fraction of sp³-hybridized carbons (Fsp3) is 0.250. The Balaban J connectivity index is 1.61. The zero-order chi connectivity index (χ0) is 20.8. The predicted molar refractivity (Wildman–Crippen MR) is 107 cm³/mol. The topological polar surface area (TPSA) is 90.2 Å². The fourth-order valence-electron chi connectivity index (χ4n) is 2.78. The molecule has 0 aliphatic heterocycles. The lowest BCUT2D eigenvalue weighted by molar-refractivity contribution is 0.251. The lowest BCUT2D eigenvalue weighted by Crippen LogP contribution is -2.34. The number of nitrogens with zero attached hydrogens (tertiary/aromatic N) is 3. The Morgan fingerprint density at radius 2 is 1.90 bits per heavy atom. The number of anilines is 1. The van der Waals surface area contributed by atoms with Crippen LogP contribution in [0.15, 0.2) is 53.3 Å². The number of nitrogens with one attached hydrogen (secondary N) is 2. The van der Waals surface area contributed by atoms with E-state index in [0.717, 1.165) is 0 Å². The molecule has 0 aliphatic rings. The molecule has 0 atom stereocenters. The normalized spacial score (nSPS) is 10.6. The molecular formula is C20H22FN5O3. The molecule has 0 radical (unpaired) electrons. The molecule has 152 valence electrons. The van der Waals surface area contributed by atoms with Crippen molar-refractivity contribution >= 4 is 11.7 Å². The summed E-state index contributed by atoms with van der Waals surface area (Å²) < 4.78 is 21.2. The molecule has 3 aromatic rings. The molecule has 0 saturated carbocycles. The molecule has 2 aromatic carbocycles. The number of halogens is 1. The molecule has 0 aliphatic carbocycles. The number of benzene rings is 2. The minimum atomic E-state index is -0.417. The average Bonchev–Trinajstić information content (AvgIpc) is 2.99. The van der Waals surface area contributed by atoms with Gasteiger partial charge in [0.05, 0.1) is 18.8 Å². The zero-order valence-electron chi connectivity index (χ0n) is 16.2. The monoisotopic (exact) mass is 399 g/mol. The molecule has 8 nitrogen and oxygen atoms in total. The Bertz CT molecular complexity index is 1040. The van der Waals surface area contributed by atoms with Crippen LogP contribution in [0.25, 0.3) is 11.4 Å². The Hall–Kier alpha value is -3.62. The minimum Gasteiger partial charge on any atom is -0.492 e. The molecule has 9 heteroatoms. The van der Waals surface area contributed by atoms with Gasteiger partial charge in [0.15, 0.2) is 5.82 Å². The maximum absolute atomic E-state index is 13.1. The van der Waals surface area contributed by atoms with Crippen molar-refractivity contribution in [1.82, 2.24) is 19.7 Å². The third-order valence-electron chi connectivity index (χ3n) is 4.19. The van der Waals surface area contributed by atoms with E-state index in [2.05, 4.69) is 15.7 Å². The third kappa shape index (κ3) is 4.81. The molecule has 0 fully saturated rings. The summed E-state index contributed by atoms with van der Waals surface area (Å²) in [7, 11) is 1.59. The Morgan fingerprint density at radius 1 is 1.17 bits per heavy atom. The van der Waals surface area contributed by atoms with Crippen LogP contribution in [0.1, 0.15) is 6.92 Å². The SMILES string of the molecule is CCOc1ccccc1NC(=O)NCCn1nc(-c2ccc(F)cc2)n(C)c1=O. The van der Waals surface area contributed by atoms with E-state index in [9.17, 15) is 14.0 Å². The van der Waals surface area contributed by atoms with E-state index in [4.69, 9.17) is 4.74 Å². The first-order valence-electron chi connectivity index (χ1n) is 9.16. The van der Waals surface area contributed by atoms with E-state index in [1.165, 1.54) is 21.4 Å². The highest BCUT2D eigenvalue weighted by molar-refractivity contribution is 5.90. The summed E-state index contributed by atoms with van der Waals surface area (Å²) in [6, 6.07) is 12.4. The summed E-state index contributed by atoms with van der Waals surface area (Å²) in [5, 5.41) is 9.69. The van der Waals surface area contributed by atoms with Crippen molar-refractivity contribution < 1.29 is 13.9 Å². The number of carbonyl (C=O) groups excluding carboxylic acids is 1. The molecule has 1 aromatic heterocycles. The van der Waals surface area contributed by atoms with Gasteiger partial charge in [0, 0.05) is 19.2 Å². The highest BCUT2D eigenvalue weighted by Gasteiger charge is 2.13. The number of para-hydroxylation sites is 2. The number of hydrogen-bond donors (Lipinski definition) is 2. The van der Waals surface area contributed by atoms with Gasteiger partial charge < -0.3 is 15.4 Å². The van der Waals surface area contributed by atoms with Gasteiger partial charge >= 0.3 is 11.7 Å². The maximum atomic E-state index is 13.1. The second-order valence-corrected chi connectivity index (χ2v) is 6.21. The first-order valence-corrected chi connectivity index (χ1v) is 9.16. The first-order chi connectivity index (χ1) is 14.0. The molecule has 3 rings (SSSR count). The largest absolute Gasteiger partial charge is 0.492 e. The van der Waals surface area contributed by atoms with Gasteiger partial charge in [0.25, 0.3) is 0 Å². The Kier molecular flexibility index (Phi) is 6.28. The lowest BCUT2D eigenvalue weighted by Gasteiger charge is -2.11. The predicted octanol–water partition coefficient (Wildman–Crippen LogP) is 2.61. The first kappa shape index (κ1) is 20.1. The summed E-state index contributed by atoms with van der Waals surface area (Å²) in [5.74, 6) is 0.638. The van der Waals surface area contributed by atoms with Crippen LogP contribution in [0.5, 0.6) is 5.75 Å². The van der Waals surface area contributed by atoms with Crippen molar-refractivity contribution in [1.29, 1.82) is 0 Å². The number of aromatic nitrogens is 3. The lowest BCUT2D eigenvalue weighted by atomic mass is 10.2. The van der Waals surface area contributed by atoms with Crippen LogP contribution in [0.4, 0.5) is 14.9 Å². The summed E-state index contributed by atoms with van der Waals surface area (Å²) in [6.07, 6.45) is 0. The smallest absolute Gasteiger partial charge is 0.345 e. The van der Waals surface area contributed by atoms with E-state index in [-0.39, 0.29) is 24.6 Å². The molecule has 0 unspecified atom stereocenters. The second kappa shape index (κ2) is 9.05. The number of amides is 2. The van der Waals surface area contributed by atoms with E-state index in [1.807, 2.05) is 13.0 Å². The molecule has 2 N–H and O–H groups in total. The molecule has 29 heavy (non-hydrogen) atoms. The van der Waals surface area contributed by atoms with E-state index in [1.54, 1.807) is 37.4 Å². The van der Waals surface area contributed by atoms with Crippen LogP contribution in [0.3, 0.4) is 0 Å². The van der Waals surface area contributed by atoms with Crippen LogP contribution < -0.4 is 21.1 Å². The molecule has 0 saturated heterocycles. The van der Waals surface area contributed by atoms with Crippen LogP contribution >= 0.6 is 0 Å². The molecule has 0 spiro atoms. The van der Waals surface area contributed by atoms with Crippen LogP contribution in [0.2, 0.25) is 0 Å². The molecule has 0 bridgehead atoms. The van der Waals surface area contributed by atoms with Crippen LogP contribution in [0, 0.1) is 5.82 Å². The van der Waals surface area contributed by atoms with Crippen LogP contribution in [-0.2, 0) is 13.6 Å². The quantitative estimate of drug-likeness (QED) is 0.639. The number of carbonyl (C=O) groups is 1. The molecule has 2 amide bonds. The standard InChI is InChI=1S/C20H22FN5O3/c1-3-29-17-7-5-4-6-16(17)23-19(27)22-12-13-26-20(28)25(2)18(24-26)14-8-10-15(21)11-9-14/h4-11H,3,12-13H2,1-2H3,(H2,22,23,27). The summed E-state index contributed by atoms with van der Waals surface area (Å²) in [6.45, 7) is 2.73. The van der Waals surface area contributed by atoms with E-state index >= 15 is 0 Å². The third-order valence-corrected chi connectivity index (χ3v) is 4.19. The number of hydrogen-bond acceptors (Lipinski definition) is 4. The average molecular weight is 399 g/mol. The van der Waals surface area contributed by atoms with Crippen molar-refractivity contribution in [2.24, 2.45) is 7.05 Å². The van der Waals surface area contributed by atoms with Gasteiger partial charge in [-0.3, -0.25) is 4.57 Å². The number of urea groups is 1. The maximum Gasteiger partial charge on any atom is 0.345 e. The van der Waals surface area contributed by atoms with Crippen molar-refractivity contribution in [3.63, 3.8) is 0 Å². The summed E-state index contributed by atoms with van der Waals surface area (Å²) in [4.78, 5) is 24.5. The van der Waals surface area contributed by atoms with Gasteiger partial charge in [0.2, 0.25) is 0 Å². The summed E-state index contributed by atoms with van der Waals surface area (Å²) >= 11 is 0. The van der Waals surface area contributed by atoms with Crippen molar-refractivity contribution in [2.75, 3.05) is 18.5 Å². The van der Waals surface area contributed by atoms with Crippen molar-refractivity contribution in [2.45, 2.75) is 13.5 Å². The summed E-state index contributed by atoms with van der Waals surface area (Å²) in [5.41, 5.74) is 0.858. The van der Waals surface area contributed by atoms with Crippen molar-refractivity contribution in [3.8, 4) is 17.1 Å². The number of rotatable bonds is 7. The van der Waals surface area contributed by atoms with Crippen LogP contribution in [-0.4, -0.2) is 33.5 Å². The van der Waals surface area contributed by atoms with Gasteiger partial charge in [0.1, 0.15) is 11.6 Å². The molecule has 1 heterocycles. The van der Waals surface area contributed by atoms with Crippen molar-refractivity contribution in [3.05, 3.63) is 64.8 Å². The van der Waals surface area contributed by atoms with Gasteiger partial charge in [-0.05, 0) is 43.3 Å². The van der Waals surface area contributed by atoms with Gasteiger partial charge in [-0.15, -0.1) is 5.10 Å². The van der Waals surface area contributed by atoms with E-state index in [0.29, 0.717) is 29.4 Å². The van der Waals surface area contributed by atoms with E-state index < -0.39 is 6.03 Å². The Labute approximate surface area is 166 Å². The molecular weight excluding hydrogens is 377 g/mol. The Morgan fingerprint density at radius 3 is 2.62 bits per heavy atom. The second-order valence-electron chi connectivity index (χ2n) is 6.21. The zero-order valence-corrected chi connectivity index (χ0v) is 16.2. The van der Waals surface area contributed by atoms with Gasteiger partial charge in [-0.25, -0.2) is 18.7 Å². The minimum absolute atomic E-state index is 0.189. The number of ether oxygens (including phenoxy) is 1. The highest BCUT2D eigenvalue weighted by Crippen LogP contribution is 2.23. The highest BCUT2D eigenvalue weighted by atomic mass is 19.1.